The molecule has 1 heterocycles. The minimum Gasteiger partial charge on any atom is -0.390 e. The molecule has 0 unspecified atom stereocenters. The Labute approximate surface area is 132 Å². The third kappa shape index (κ3) is 7.98. The minimum absolute atomic E-state index is 0.117. The van der Waals surface area contributed by atoms with Crippen LogP contribution < -0.4 is 10.6 Å². The van der Waals surface area contributed by atoms with E-state index < -0.39 is 0 Å². The van der Waals surface area contributed by atoms with Crippen molar-refractivity contribution in [3.8, 4) is 6.07 Å². The fraction of sp³-hybridized carbons (Fsp3) is 0.733. The van der Waals surface area contributed by atoms with Gasteiger partial charge in [0.25, 0.3) is 5.91 Å². The highest BCUT2D eigenvalue weighted by Crippen LogP contribution is 1.96. The molecular weight excluding hydrogens is 282 g/mol. The summed E-state index contributed by atoms with van der Waals surface area (Å²) in [6.07, 6.45) is 2.46. The molecule has 1 rings (SSSR count). The maximum absolute atomic E-state index is 11.9. The van der Waals surface area contributed by atoms with Crippen LogP contribution in [0.25, 0.3) is 0 Å². The van der Waals surface area contributed by atoms with E-state index in [2.05, 4.69) is 20.4 Å². The number of carbonyl (C=O) groups is 1. The summed E-state index contributed by atoms with van der Waals surface area (Å²) in [7, 11) is 4.02. The molecule has 0 radical (unpaired) electrons. The van der Waals surface area contributed by atoms with Crippen molar-refractivity contribution in [2.45, 2.75) is 6.42 Å². The number of hydrogen-bond acceptors (Lipinski definition) is 6. The molecule has 7 nitrogen and oxygen atoms in total. The summed E-state index contributed by atoms with van der Waals surface area (Å²) in [6, 6.07) is 1.93. The Bertz CT molecular complexity index is 397. The van der Waals surface area contributed by atoms with Gasteiger partial charge in [0.05, 0.1) is 13.2 Å². The smallest absolute Gasteiger partial charge is 0.263 e. The van der Waals surface area contributed by atoms with Crippen LogP contribution in [-0.4, -0.2) is 82.3 Å². The minimum atomic E-state index is -0.323. The summed E-state index contributed by atoms with van der Waals surface area (Å²) in [6.45, 7) is 6.30. The van der Waals surface area contributed by atoms with E-state index in [1.165, 1.54) is 6.20 Å². The Morgan fingerprint density at radius 3 is 2.73 bits per heavy atom. The summed E-state index contributed by atoms with van der Waals surface area (Å²) in [5.74, 6) is -0.323. The molecule has 1 aliphatic heterocycles. The predicted octanol–water partition coefficient (Wildman–Crippen LogP) is -0.616. The molecule has 0 atom stereocenters. The number of nitriles is 1. The molecule has 1 aliphatic rings. The lowest BCUT2D eigenvalue weighted by Crippen LogP contribution is -2.41. The summed E-state index contributed by atoms with van der Waals surface area (Å²) in [4.78, 5) is 16.2. The van der Waals surface area contributed by atoms with Crippen molar-refractivity contribution in [1.29, 1.82) is 5.26 Å². The van der Waals surface area contributed by atoms with Crippen molar-refractivity contribution in [2.24, 2.45) is 0 Å². The Morgan fingerprint density at radius 2 is 2.09 bits per heavy atom. The number of carbonyl (C=O) groups excluding carboxylic acids is 1. The zero-order valence-corrected chi connectivity index (χ0v) is 13.6. The highest BCUT2D eigenvalue weighted by molar-refractivity contribution is 5.97. The predicted molar refractivity (Wildman–Crippen MR) is 85.1 cm³/mol. The number of rotatable bonds is 9. The van der Waals surface area contributed by atoms with Gasteiger partial charge < -0.3 is 20.3 Å². The summed E-state index contributed by atoms with van der Waals surface area (Å²) in [5.41, 5.74) is 0.117. The van der Waals surface area contributed by atoms with Gasteiger partial charge in [0.15, 0.2) is 0 Å². The third-order valence-corrected chi connectivity index (χ3v) is 3.36. The van der Waals surface area contributed by atoms with Crippen molar-refractivity contribution in [1.82, 2.24) is 20.4 Å². The summed E-state index contributed by atoms with van der Waals surface area (Å²) in [5, 5.41) is 14.8. The molecule has 0 bridgehead atoms. The molecule has 0 spiro atoms. The standard InChI is InChI=1S/C15H27N5O2/c1-19(2)6-3-4-17-13-14(12-16)15(21)18-5-7-20-8-10-22-11-9-20/h13,17H,3-11H2,1-2H3,(H,18,21)/b14-13-. The monoisotopic (exact) mass is 309 g/mol. The fourth-order valence-electron chi connectivity index (χ4n) is 2.07. The van der Waals surface area contributed by atoms with E-state index in [-0.39, 0.29) is 11.5 Å². The zero-order valence-electron chi connectivity index (χ0n) is 13.6. The molecule has 0 aromatic rings. The van der Waals surface area contributed by atoms with Gasteiger partial charge in [-0.05, 0) is 27.1 Å². The van der Waals surface area contributed by atoms with E-state index in [1.807, 2.05) is 20.2 Å². The van der Waals surface area contributed by atoms with Gasteiger partial charge in [-0.25, -0.2) is 0 Å². The summed E-state index contributed by atoms with van der Waals surface area (Å²) < 4.78 is 5.27. The lowest BCUT2D eigenvalue weighted by atomic mass is 10.3. The molecule has 1 saturated heterocycles. The van der Waals surface area contributed by atoms with Crippen molar-refractivity contribution in [2.75, 3.05) is 66.6 Å². The lowest BCUT2D eigenvalue weighted by molar-refractivity contribution is -0.117. The van der Waals surface area contributed by atoms with Crippen molar-refractivity contribution >= 4 is 5.91 Å². The van der Waals surface area contributed by atoms with Crippen LogP contribution in [0, 0.1) is 11.3 Å². The Morgan fingerprint density at radius 1 is 1.36 bits per heavy atom. The van der Waals surface area contributed by atoms with Crippen LogP contribution in [0.5, 0.6) is 0 Å². The van der Waals surface area contributed by atoms with E-state index in [0.717, 1.165) is 52.4 Å². The fourth-order valence-corrected chi connectivity index (χ4v) is 2.07. The maximum Gasteiger partial charge on any atom is 0.263 e. The highest BCUT2D eigenvalue weighted by atomic mass is 16.5. The molecular formula is C15H27N5O2. The van der Waals surface area contributed by atoms with Gasteiger partial charge in [0.2, 0.25) is 0 Å². The van der Waals surface area contributed by atoms with Crippen LogP contribution in [0.2, 0.25) is 0 Å². The van der Waals surface area contributed by atoms with Crippen molar-refractivity contribution < 1.29 is 9.53 Å². The largest absolute Gasteiger partial charge is 0.390 e. The van der Waals surface area contributed by atoms with Gasteiger partial charge in [-0.15, -0.1) is 0 Å². The van der Waals surface area contributed by atoms with Gasteiger partial charge in [0.1, 0.15) is 11.6 Å². The normalized spacial score (nSPS) is 16.4. The Hall–Kier alpha value is -1.62. The molecule has 22 heavy (non-hydrogen) atoms. The average Bonchev–Trinajstić information content (AvgIpc) is 2.51. The van der Waals surface area contributed by atoms with Gasteiger partial charge in [-0.1, -0.05) is 0 Å². The molecule has 1 fully saturated rings. The zero-order chi connectivity index (χ0) is 16.2. The van der Waals surface area contributed by atoms with E-state index in [1.54, 1.807) is 0 Å². The Kier molecular flexibility index (Phi) is 9.23. The molecule has 0 saturated carbocycles. The van der Waals surface area contributed by atoms with Crippen molar-refractivity contribution in [3.63, 3.8) is 0 Å². The maximum atomic E-state index is 11.9. The lowest BCUT2D eigenvalue weighted by Gasteiger charge is -2.26. The molecule has 124 valence electrons. The quantitative estimate of drug-likeness (QED) is 0.336. The van der Waals surface area contributed by atoms with E-state index >= 15 is 0 Å². The molecule has 2 N–H and O–H groups in total. The summed E-state index contributed by atoms with van der Waals surface area (Å²) >= 11 is 0. The Balaban J connectivity index is 2.20. The van der Waals surface area contributed by atoms with Crippen LogP contribution in [0.15, 0.2) is 11.8 Å². The average molecular weight is 309 g/mol. The number of amides is 1. The van der Waals surface area contributed by atoms with E-state index in [9.17, 15) is 4.79 Å². The second kappa shape index (κ2) is 11.0. The van der Waals surface area contributed by atoms with Gasteiger partial charge in [0, 0.05) is 38.9 Å². The third-order valence-electron chi connectivity index (χ3n) is 3.36. The molecule has 0 aromatic heterocycles. The topological polar surface area (TPSA) is 80.6 Å². The number of morpholine rings is 1. The molecule has 1 amide bonds. The number of hydrogen-bond donors (Lipinski definition) is 2. The molecule has 7 heteroatoms. The van der Waals surface area contributed by atoms with Crippen LogP contribution >= 0.6 is 0 Å². The number of nitrogens with one attached hydrogen (secondary N) is 2. The van der Waals surface area contributed by atoms with Crippen LogP contribution in [0.3, 0.4) is 0 Å². The first-order chi connectivity index (χ1) is 10.6. The SMILES string of the molecule is CN(C)CCCN/C=C(/C#N)C(=O)NCCN1CCOCC1. The number of ether oxygens (including phenoxy) is 1. The van der Waals surface area contributed by atoms with Crippen molar-refractivity contribution in [3.05, 3.63) is 11.8 Å². The highest BCUT2D eigenvalue weighted by Gasteiger charge is 2.12. The first-order valence-corrected chi connectivity index (χ1v) is 7.70. The second-order valence-electron chi connectivity index (χ2n) is 5.49. The van der Waals surface area contributed by atoms with Crippen LogP contribution in [-0.2, 0) is 9.53 Å². The van der Waals surface area contributed by atoms with Gasteiger partial charge in [-0.3, -0.25) is 9.69 Å². The van der Waals surface area contributed by atoms with E-state index in [0.29, 0.717) is 6.54 Å². The van der Waals surface area contributed by atoms with Gasteiger partial charge >= 0.3 is 0 Å². The first kappa shape index (κ1) is 18.4. The molecule has 0 aliphatic carbocycles. The van der Waals surface area contributed by atoms with Crippen LogP contribution in [0.1, 0.15) is 6.42 Å². The van der Waals surface area contributed by atoms with Crippen LogP contribution in [0.4, 0.5) is 0 Å². The molecule has 0 aromatic carbocycles. The number of nitrogens with zero attached hydrogens (tertiary/aromatic N) is 3. The first-order valence-electron chi connectivity index (χ1n) is 7.70. The van der Waals surface area contributed by atoms with Gasteiger partial charge in [-0.2, -0.15) is 5.26 Å². The van der Waals surface area contributed by atoms with E-state index in [4.69, 9.17) is 10.00 Å². The second-order valence-corrected chi connectivity index (χ2v) is 5.49.